The maximum absolute atomic E-state index is 14.3. The van der Waals surface area contributed by atoms with E-state index in [-0.39, 0.29) is 41.8 Å². The van der Waals surface area contributed by atoms with Crippen LogP contribution in [0.25, 0.3) is 44.2 Å². The fourth-order valence-electron chi connectivity index (χ4n) is 9.60. The van der Waals surface area contributed by atoms with Gasteiger partial charge in [0.2, 0.25) is 5.91 Å². The van der Waals surface area contributed by atoms with E-state index in [9.17, 15) is 19.2 Å². The quantitative estimate of drug-likeness (QED) is 0.112. The molecule has 15 heteroatoms. The molecule has 4 aromatic carbocycles. The maximum atomic E-state index is 14.3. The average molecular weight is 853 g/mol. The van der Waals surface area contributed by atoms with Crippen molar-refractivity contribution in [2.75, 3.05) is 20.8 Å². The number of benzene rings is 4. The van der Waals surface area contributed by atoms with Gasteiger partial charge in [0.25, 0.3) is 5.91 Å². The van der Waals surface area contributed by atoms with E-state index >= 15 is 0 Å². The topological polar surface area (TPSA) is 184 Å². The van der Waals surface area contributed by atoms with E-state index < -0.39 is 24.3 Å². The highest BCUT2D eigenvalue weighted by Crippen LogP contribution is 2.44. The van der Waals surface area contributed by atoms with Crippen LogP contribution in [0.2, 0.25) is 0 Å². The number of ether oxygens (including phenoxy) is 3. The van der Waals surface area contributed by atoms with Crippen molar-refractivity contribution in [3.63, 3.8) is 0 Å². The zero-order valence-corrected chi connectivity index (χ0v) is 36.2. The van der Waals surface area contributed by atoms with Gasteiger partial charge < -0.3 is 44.6 Å². The second-order valence-corrected chi connectivity index (χ2v) is 17.4. The summed E-state index contributed by atoms with van der Waals surface area (Å²) in [7, 11) is 2.58. The Hall–Kier alpha value is -6.90. The van der Waals surface area contributed by atoms with Crippen molar-refractivity contribution in [3.8, 4) is 28.1 Å². The number of H-pyrrole nitrogens is 2. The summed E-state index contributed by atoms with van der Waals surface area (Å²) >= 11 is 0. The van der Waals surface area contributed by atoms with Crippen molar-refractivity contribution in [2.45, 2.75) is 83.8 Å². The van der Waals surface area contributed by atoms with Crippen LogP contribution in [0.4, 0.5) is 9.59 Å². The van der Waals surface area contributed by atoms with Gasteiger partial charge in [-0.3, -0.25) is 9.59 Å². The number of amides is 4. The molecule has 6 aromatic rings. The summed E-state index contributed by atoms with van der Waals surface area (Å²) in [5.74, 6) is 1.87. The Morgan fingerprint density at radius 1 is 0.841 bits per heavy atom. The standard InChI is InChI=1S/C48H52N8O7/c1-25(2)40(53-47(59)61-5)46(58)56-27(4)12-17-37(56)43-49-22-36(51-43)30-13-15-32-31(19-30)24-63-39-21-33-29(20-34(32)39)14-16-35-42(33)52-44(50-35)38-18-26(3)23-55(38)45(57)41(54-48(60)62-6)28-10-8-7-9-11-28/h7-11,13-16,19-22,25-27,37-38,40-41H,12,17-18,23-24H2,1-6H3,(H,49,51)(H,50,52)(H,53,59)(H,54,60)/t26-,27-,37-,38-,40-,41+/m0/s1. The molecule has 2 aromatic heterocycles. The number of aromatic amines is 2. The number of aromatic nitrogens is 4. The van der Waals surface area contributed by atoms with Gasteiger partial charge in [-0.2, -0.15) is 0 Å². The number of alkyl carbamates (subject to hydrolysis) is 2. The summed E-state index contributed by atoms with van der Waals surface area (Å²) in [5.41, 5.74) is 7.21. The summed E-state index contributed by atoms with van der Waals surface area (Å²) < 4.78 is 16.1. The Morgan fingerprint density at radius 2 is 1.62 bits per heavy atom. The molecule has 0 spiro atoms. The van der Waals surface area contributed by atoms with Crippen molar-refractivity contribution in [1.29, 1.82) is 0 Å². The lowest BCUT2D eigenvalue weighted by Crippen LogP contribution is -2.52. The highest BCUT2D eigenvalue weighted by molar-refractivity contribution is 6.07. The van der Waals surface area contributed by atoms with Gasteiger partial charge in [-0.05, 0) is 89.9 Å². The molecule has 15 nitrogen and oxygen atoms in total. The van der Waals surface area contributed by atoms with E-state index in [4.69, 9.17) is 24.2 Å². The number of hydrogen-bond acceptors (Lipinski definition) is 9. The third kappa shape index (κ3) is 7.69. The number of nitrogens with zero attached hydrogens (tertiary/aromatic N) is 4. The van der Waals surface area contributed by atoms with Crippen LogP contribution in [0, 0.1) is 11.8 Å². The molecule has 0 saturated carbocycles. The fraction of sp³-hybridized carbons (Fsp3) is 0.375. The first kappa shape index (κ1) is 41.5. The van der Waals surface area contributed by atoms with Gasteiger partial charge in [-0.15, -0.1) is 0 Å². The first-order valence-electron chi connectivity index (χ1n) is 21.6. The molecule has 326 valence electrons. The Bertz CT molecular complexity index is 2730. The van der Waals surface area contributed by atoms with Crippen molar-refractivity contribution >= 4 is 45.8 Å². The predicted molar refractivity (Wildman–Crippen MR) is 236 cm³/mol. The molecule has 4 amide bonds. The van der Waals surface area contributed by atoms with E-state index in [1.807, 2.05) is 73.2 Å². The molecule has 9 rings (SSSR count). The lowest BCUT2D eigenvalue weighted by molar-refractivity contribution is -0.137. The molecule has 0 radical (unpaired) electrons. The van der Waals surface area contributed by atoms with Crippen LogP contribution < -0.4 is 15.4 Å². The summed E-state index contributed by atoms with van der Waals surface area (Å²) in [6.07, 6.45) is 2.78. The number of carbonyl (C=O) groups is 4. The molecule has 2 saturated heterocycles. The number of rotatable bonds is 9. The van der Waals surface area contributed by atoms with Gasteiger partial charge in [-0.25, -0.2) is 19.6 Å². The molecule has 2 fully saturated rings. The minimum atomic E-state index is -0.915. The van der Waals surface area contributed by atoms with Crippen LogP contribution in [0.5, 0.6) is 5.75 Å². The Kier molecular flexibility index (Phi) is 11.0. The maximum Gasteiger partial charge on any atom is 0.407 e. The van der Waals surface area contributed by atoms with Gasteiger partial charge in [-0.1, -0.05) is 69.3 Å². The van der Waals surface area contributed by atoms with Crippen molar-refractivity contribution in [3.05, 3.63) is 102 Å². The van der Waals surface area contributed by atoms with Gasteiger partial charge in [0.1, 0.15) is 36.1 Å². The molecule has 0 unspecified atom stereocenters. The number of imidazole rings is 2. The number of fused-ring (bicyclic) bond motifs is 6. The van der Waals surface area contributed by atoms with E-state index in [2.05, 4.69) is 63.9 Å². The molecule has 0 bridgehead atoms. The van der Waals surface area contributed by atoms with Crippen LogP contribution in [0.3, 0.4) is 0 Å². The normalized spacial score (nSPS) is 20.2. The Morgan fingerprint density at radius 3 is 2.38 bits per heavy atom. The van der Waals surface area contributed by atoms with Crippen molar-refractivity contribution in [1.82, 2.24) is 40.4 Å². The number of carbonyl (C=O) groups excluding carboxylic acids is 4. The monoisotopic (exact) mass is 852 g/mol. The van der Waals surface area contributed by atoms with Crippen LogP contribution in [-0.4, -0.2) is 86.6 Å². The SMILES string of the molecule is COC(=O)N[C@H](C(=O)N1[C@@H](C)CC[C@H]1c1ncc(-c2ccc3c(c2)COc2cc4c(ccc5nc([C@@H]6C[C@H](C)CN6C(=O)[C@H](NC(=O)OC)c6ccccc6)[nH]c54)cc2-3)[nH]1)C(C)C. The predicted octanol–water partition coefficient (Wildman–Crippen LogP) is 8.11. The largest absolute Gasteiger partial charge is 0.488 e. The van der Waals surface area contributed by atoms with Crippen LogP contribution in [0.15, 0.2) is 79.0 Å². The lowest BCUT2D eigenvalue weighted by Gasteiger charge is -2.32. The molecule has 4 N–H and O–H groups in total. The molecular formula is C48H52N8O7. The number of methoxy groups -OCH3 is 2. The van der Waals surface area contributed by atoms with E-state index in [0.29, 0.717) is 36.8 Å². The second-order valence-electron chi connectivity index (χ2n) is 17.4. The van der Waals surface area contributed by atoms with Gasteiger partial charge in [0.05, 0.1) is 49.2 Å². The average Bonchev–Trinajstić information content (AvgIpc) is 4.12. The molecule has 63 heavy (non-hydrogen) atoms. The van der Waals surface area contributed by atoms with Gasteiger partial charge in [0, 0.05) is 23.5 Å². The summed E-state index contributed by atoms with van der Waals surface area (Å²) in [4.78, 5) is 73.2. The van der Waals surface area contributed by atoms with Crippen LogP contribution in [-0.2, 0) is 25.7 Å². The van der Waals surface area contributed by atoms with Crippen LogP contribution in [0.1, 0.15) is 87.9 Å². The highest BCUT2D eigenvalue weighted by Gasteiger charge is 2.42. The fourth-order valence-corrected chi connectivity index (χ4v) is 9.60. The summed E-state index contributed by atoms with van der Waals surface area (Å²) in [5, 5.41) is 7.45. The Balaban J connectivity index is 0.972. The molecule has 3 aliphatic rings. The zero-order chi connectivity index (χ0) is 44.1. The number of nitrogens with one attached hydrogen (secondary N) is 4. The first-order valence-corrected chi connectivity index (χ1v) is 21.6. The molecular weight excluding hydrogens is 801 g/mol. The number of hydrogen-bond donors (Lipinski definition) is 4. The highest BCUT2D eigenvalue weighted by atomic mass is 16.5. The second kappa shape index (κ2) is 16.8. The van der Waals surface area contributed by atoms with Gasteiger partial charge in [0.15, 0.2) is 0 Å². The number of likely N-dealkylation sites (tertiary alicyclic amines) is 2. The smallest absolute Gasteiger partial charge is 0.407 e. The molecule has 5 heterocycles. The van der Waals surface area contributed by atoms with E-state index in [1.165, 1.54) is 14.2 Å². The third-order valence-electron chi connectivity index (χ3n) is 12.8. The minimum Gasteiger partial charge on any atom is -0.488 e. The Labute approximate surface area is 364 Å². The molecule has 6 atom stereocenters. The lowest BCUT2D eigenvalue weighted by atomic mass is 9.92. The van der Waals surface area contributed by atoms with Crippen LogP contribution >= 0.6 is 0 Å². The van der Waals surface area contributed by atoms with Crippen molar-refractivity contribution < 1.29 is 33.4 Å². The van der Waals surface area contributed by atoms with Gasteiger partial charge >= 0.3 is 12.2 Å². The summed E-state index contributed by atoms with van der Waals surface area (Å²) in [6.45, 7) is 8.85. The third-order valence-corrected chi connectivity index (χ3v) is 12.8. The molecule has 3 aliphatic heterocycles. The van der Waals surface area contributed by atoms with Crippen molar-refractivity contribution in [2.24, 2.45) is 11.8 Å². The molecule has 0 aliphatic carbocycles. The van der Waals surface area contributed by atoms with E-state index in [0.717, 1.165) is 68.3 Å². The van der Waals surface area contributed by atoms with E-state index in [1.54, 1.807) is 0 Å². The minimum absolute atomic E-state index is 0.0196. The summed E-state index contributed by atoms with van der Waals surface area (Å²) in [6, 6.07) is 21.6. The first-order chi connectivity index (χ1) is 30.4. The zero-order valence-electron chi connectivity index (χ0n) is 36.2.